The summed E-state index contributed by atoms with van der Waals surface area (Å²) in [5, 5.41) is 4.06. The molecular formula is C11H16N2O3S. The van der Waals surface area contributed by atoms with Gasteiger partial charge in [-0.1, -0.05) is 11.3 Å². The Kier molecular flexibility index (Phi) is 3.96. The Morgan fingerprint density at radius 2 is 2.59 bits per heavy atom. The molecule has 17 heavy (non-hydrogen) atoms. The van der Waals surface area contributed by atoms with Gasteiger partial charge in [-0.15, -0.1) is 0 Å². The summed E-state index contributed by atoms with van der Waals surface area (Å²) in [6.45, 7) is 3.74. The second kappa shape index (κ2) is 5.46. The van der Waals surface area contributed by atoms with Gasteiger partial charge in [0.2, 0.25) is 0 Å². The Balaban J connectivity index is 1.94. The standard InChI is InChI=1S/C11H16N2O3S/c1-7(8-3-4-16-6-8)13-11-12-5-9(17-11)10(14)15-2/h5,7-8H,3-4,6H2,1-2H3,(H,12,13). The van der Waals surface area contributed by atoms with Gasteiger partial charge in [0.1, 0.15) is 4.88 Å². The van der Waals surface area contributed by atoms with Crippen LogP contribution in [0, 0.1) is 5.92 Å². The van der Waals surface area contributed by atoms with Gasteiger partial charge in [-0.3, -0.25) is 0 Å². The second-order valence-corrected chi connectivity index (χ2v) is 5.11. The first kappa shape index (κ1) is 12.3. The predicted octanol–water partition coefficient (Wildman–Crippen LogP) is 1.77. The molecule has 2 rings (SSSR count). The van der Waals surface area contributed by atoms with Crippen LogP contribution in [0.4, 0.5) is 5.13 Å². The number of carbonyl (C=O) groups is 1. The fourth-order valence-electron chi connectivity index (χ4n) is 1.80. The summed E-state index contributed by atoms with van der Waals surface area (Å²) < 4.78 is 9.98. The molecule has 5 nitrogen and oxygen atoms in total. The molecule has 0 amide bonds. The molecule has 2 unspecified atom stereocenters. The van der Waals surface area contributed by atoms with E-state index < -0.39 is 0 Å². The molecule has 94 valence electrons. The van der Waals surface area contributed by atoms with Crippen LogP contribution in [0.25, 0.3) is 0 Å². The van der Waals surface area contributed by atoms with Gasteiger partial charge in [-0.2, -0.15) is 0 Å². The van der Waals surface area contributed by atoms with E-state index in [1.165, 1.54) is 24.6 Å². The van der Waals surface area contributed by atoms with Crippen molar-refractivity contribution in [2.45, 2.75) is 19.4 Å². The number of hydrogen-bond donors (Lipinski definition) is 1. The zero-order valence-electron chi connectivity index (χ0n) is 9.93. The Bertz CT molecular complexity index is 388. The van der Waals surface area contributed by atoms with E-state index in [-0.39, 0.29) is 5.97 Å². The van der Waals surface area contributed by atoms with Crippen LogP contribution in [0.5, 0.6) is 0 Å². The quantitative estimate of drug-likeness (QED) is 0.832. The molecule has 0 saturated carbocycles. The molecule has 0 radical (unpaired) electrons. The SMILES string of the molecule is COC(=O)c1cnc(NC(C)C2CCOC2)s1. The molecule has 2 heterocycles. The molecule has 0 spiro atoms. The summed E-state index contributed by atoms with van der Waals surface area (Å²) in [5.74, 6) is 0.174. The highest BCUT2D eigenvalue weighted by molar-refractivity contribution is 7.17. The van der Waals surface area contributed by atoms with E-state index in [0.717, 1.165) is 24.8 Å². The Labute approximate surface area is 104 Å². The number of rotatable bonds is 4. The number of ether oxygens (including phenoxy) is 2. The van der Waals surface area contributed by atoms with Crippen LogP contribution >= 0.6 is 11.3 Å². The van der Waals surface area contributed by atoms with Crippen molar-refractivity contribution in [3.8, 4) is 0 Å². The van der Waals surface area contributed by atoms with Crippen molar-refractivity contribution in [1.82, 2.24) is 4.98 Å². The maximum Gasteiger partial charge on any atom is 0.349 e. The van der Waals surface area contributed by atoms with Crippen molar-refractivity contribution in [3.05, 3.63) is 11.1 Å². The highest BCUT2D eigenvalue weighted by atomic mass is 32.1. The molecule has 1 aromatic heterocycles. The largest absolute Gasteiger partial charge is 0.465 e. The first-order valence-corrected chi connectivity index (χ1v) is 6.40. The van der Waals surface area contributed by atoms with E-state index in [2.05, 4.69) is 22.0 Å². The van der Waals surface area contributed by atoms with Gasteiger partial charge < -0.3 is 14.8 Å². The summed E-state index contributed by atoms with van der Waals surface area (Å²) in [5.41, 5.74) is 0. The monoisotopic (exact) mass is 256 g/mol. The van der Waals surface area contributed by atoms with Crippen LogP contribution in [0.15, 0.2) is 6.20 Å². The Morgan fingerprint density at radius 3 is 3.24 bits per heavy atom. The molecule has 1 aliphatic heterocycles. The molecule has 6 heteroatoms. The molecule has 1 aromatic rings. The van der Waals surface area contributed by atoms with E-state index in [4.69, 9.17) is 4.74 Å². The normalized spacial score (nSPS) is 21.2. The number of nitrogens with zero attached hydrogens (tertiary/aromatic N) is 1. The molecule has 0 aromatic carbocycles. The lowest BCUT2D eigenvalue weighted by atomic mass is 10.0. The number of hydrogen-bond acceptors (Lipinski definition) is 6. The van der Waals surface area contributed by atoms with Crippen molar-refractivity contribution in [3.63, 3.8) is 0 Å². The first-order chi connectivity index (χ1) is 8.20. The van der Waals surface area contributed by atoms with Crippen LogP contribution in [0.3, 0.4) is 0 Å². The van der Waals surface area contributed by atoms with E-state index in [1.54, 1.807) is 0 Å². The lowest BCUT2D eigenvalue weighted by Crippen LogP contribution is -2.25. The van der Waals surface area contributed by atoms with Crippen molar-refractivity contribution in [2.24, 2.45) is 5.92 Å². The summed E-state index contributed by atoms with van der Waals surface area (Å²) in [7, 11) is 1.37. The third-order valence-electron chi connectivity index (χ3n) is 2.92. The third kappa shape index (κ3) is 2.95. The van der Waals surface area contributed by atoms with Gasteiger partial charge in [0.15, 0.2) is 5.13 Å². The van der Waals surface area contributed by atoms with Crippen molar-refractivity contribution in [1.29, 1.82) is 0 Å². The minimum atomic E-state index is -0.340. The van der Waals surface area contributed by atoms with E-state index in [9.17, 15) is 4.79 Å². The van der Waals surface area contributed by atoms with Crippen molar-refractivity contribution in [2.75, 3.05) is 25.6 Å². The lowest BCUT2D eigenvalue weighted by Gasteiger charge is -2.18. The highest BCUT2D eigenvalue weighted by Crippen LogP contribution is 2.23. The summed E-state index contributed by atoms with van der Waals surface area (Å²) in [6.07, 6.45) is 2.61. The lowest BCUT2D eigenvalue weighted by molar-refractivity contribution is 0.0606. The molecule has 1 N–H and O–H groups in total. The van der Waals surface area contributed by atoms with E-state index >= 15 is 0 Å². The average molecular weight is 256 g/mol. The highest BCUT2D eigenvalue weighted by Gasteiger charge is 2.23. The molecule has 1 aliphatic rings. The van der Waals surface area contributed by atoms with Gasteiger partial charge in [-0.05, 0) is 13.3 Å². The smallest absolute Gasteiger partial charge is 0.349 e. The Morgan fingerprint density at radius 1 is 1.76 bits per heavy atom. The van der Waals surface area contributed by atoms with Gasteiger partial charge in [0, 0.05) is 18.6 Å². The number of nitrogens with one attached hydrogen (secondary N) is 1. The van der Waals surface area contributed by atoms with Crippen LogP contribution < -0.4 is 5.32 Å². The minimum absolute atomic E-state index is 0.300. The van der Waals surface area contributed by atoms with Crippen molar-refractivity contribution >= 4 is 22.4 Å². The molecule has 1 saturated heterocycles. The molecule has 0 aliphatic carbocycles. The molecular weight excluding hydrogens is 240 g/mol. The number of carbonyl (C=O) groups excluding carboxylic acids is 1. The van der Waals surface area contributed by atoms with Crippen LogP contribution in [-0.2, 0) is 9.47 Å². The van der Waals surface area contributed by atoms with Crippen molar-refractivity contribution < 1.29 is 14.3 Å². The zero-order valence-corrected chi connectivity index (χ0v) is 10.8. The summed E-state index contributed by atoms with van der Waals surface area (Å²) in [4.78, 5) is 15.9. The zero-order chi connectivity index (χ0) is 12.3. The molecule has 1 fully saturated rings. The van der Waals surface area contributed by atoms with Gasteiger partial charge in [-0.25, -0.2) is 9.78 Å². The fourth-order valence-corrected chi connectivity index (χ4v) is 2.63. The second-order valence-electron chi connectivity index (χ2n) is 4.08. The fraction of sp³-hybridized carbons (Fsp3) is 0.636. The number of aromatic nitrogens is 1. The first-order valence-electron chi connectivity index (χ1n) is 5.59. The number of esters is 1. The number of thiazole rings is 1. The van der Waals surface area contributed by atoms with E-state index in [0.29, 0.717) is 16.8 Å². The third-order valence-corrected chi connectivity index (χ3v) is 3.82. The van der Waals surface area contributed by atoms with Gasteiger partial charge in [0.25, 0.3) is 0 Å². The maximum atomic E-state index is 11.3. The topological polar surface area (TPSA) is 60.5 Å². The van der Waals surface area contributed by atoms with Crippen LogP contribution in [-0.4, -0.2) is 37.3 Å². The Hall–Kier alpha value is -1.14. The average Bonchev–Trinajstić information content (AvgIpc) is 2.98. The summed E-state index contributed by atoms with van der Waals surface area (Å²) in [6, 6.07) is 0.300. The molecule has 2 atom stereocenters. The van der Waals surface area contributed by atoms with Crippen LogP contribution in [0.1, 0.15) is 23.0 Å². The van der Waals surface area contributed by atoms with Gasteiger partial charge in [0.05, 0.1) is 19.9 Å². The maximum absolute atomic E-state index is 11.3. The van der Waals surface area contributed by atoms with Crippen LogP contribution in [0.2, 0.25) is 0 Å². The minimum Gasteiger partial charge on any atom is -0.465 e. The predicted molar refractivity (Wildman–Crippen MR) is 65.5 cm³/mol. The summed E-state index contributed by atoms with van der Waals surface area (Å²) >= 11 is 1.32. The number of anilines is 1. The van der Waals surface area contributed by atoms with Gasteiger partial charge >= 0.3 is 5.97 Å². The molecule has 0 bridgehead atoms. The van der Waals surface area contributed by atoms with E-state index in [1.807, 2.05) is 0 Å². The number of methoxy groups -OCH3 is 1.